The molecule has 1 fully saturated rings. The average molecular weight is 456 g/mol. The number of piperazine rings is 1. The van der Waals surface area contributed by atoms with E-state index >= 15 is 0 Å². The third kappa shape index (κ3) is 5.13. The molecule has 0 unspecified atom stereocenters. The lowest BCUT2D eigenvalue weighted by atomic mass is 10.1. The maximum absolute atomic E-state index is 13.1. The highest BCUT2D eigenvalue weighted by atomic mass is 32.2. The fraction of sp³-hybridized carbons (Fsp3) is 0.316. The molecule has 3 rings (SSSR count). The van der Waals surface area contributed by atoms with Crippen molar-refractivity contribution in [1.82, 2.24) is 14.8 Å². The van der Waals surface area contributed by atoms with E-state index in [1.54, 1.807) is 13.0 Å². The molecule has 1 N–H and O–H groups in total. The molecule has 2 aromatic rings. The molecule has 1 saturated heterocycles. The fourth-order valence-corrected chi connectivity index (χ4v) is 3.74. The van der Waals surface area contributed by atoms with Gasteiger partial charge in [-0.3, -0.25) is 19.3 Å². The molecule has 1 aliphatic heterocycles. The van der Waals surface area contributed by atoms with Crippen molar-refractivity contribution in [3.8, 4) is 0 Å². The number of benzene rings is 1. The number of carbonyl (C=O) groups excluding carboxylic acids is 2. The standard InChI is InChI=1S/C19H19F3N4O4S/c1-12-11-13(4-5-15(12)24-31(29)30)17(27)25-7-9-26(10-8-25)18(28)14-3-2-6-23-16(14)19(20,21)22/h2-6,11,31H,7-10H2,1H3,(H,24,29,30). The molecule has 0 saturated carbocycles. The van der Waals surface area contributed by atoms with Gasteiger partial charge < -0.3 is 9.80 Å². The van der Waals surface area contributed by atoms with Crippen LogP contribution >= 0.6 is 0 Å². The Bertz CT molecular complexity index is 1070. The first-order valence-electron chi connectivity index (χ1n) is 9.20. The fourth-order valence-electron chi connectivity index (χ4n) is 3.29. The van der Waals surface area contributed by atoms with Gasteiger partial charge in [0.25, 0.3) is 11.8 Å². The monoisotopic (exact) mass is 456 g/mol. The lowest BCUT2D eigenvalue weighted by Crippen LogP contribution is -2.50. The van der Waals surface area contributed by atoms with E-state index in [1.807, 2.05) is 0 Å². The maximum atomic E-state index is 13.1. The van der Waals surface area contributed by atoms with Crippen LogP contribution in [-0.2, 0) is 17.1 Å². The van der Waals surface area contributed by atoms with Crippen LogP contribution in [-0.4, -0.2) is 61.2 Å². The number of amides is 2. The largest absolute Gasteiger partial charge is 0.434 e. The van der Waals surface area contributed by atoms with Crippen molar-refractivity contribution in [3.63, 3.8) is 0 Å². The predicted molar refractivity (Wildman–Crippen MR) is 106 cm³/mol. The number of anilines is 1. The van der Waals surface area contributed by atoms with Crippen LogP contribution in [0.5, 0.6) is 0 Å². The van der Waals surface area contributed by atoms with E-state index in [1.165, 1.54) is 28.0 Å². The summed E-state index contributed by atoms with van der Waals surface area (Å²) in [5.74, 6) is -1.10. The van der Waals surface area contributed by atoms with Crippen molar-refractivity contribution in [2.45, 2.75) is 13.1 Å². The van der Waals surface area contributed by atoms with Crippen LogP contribution in [0.4, 0.5) is 18.9 Å². The summed E-state index contributed by atoms with van der Waals surface area (Å²) in [6.07, 6.45) is -3.77. The number of thiol groups is 1. The normalized spacial score (nSPS) is 14.6. The summed E-state index contributed by atoms with van der Waals surface area (Å²) in [5.41, 5.74) is -0.488. The van der Waals surface area contributed by atoms with Crippen LogP contribution in [0.1, 0.15) is 32.0 Å². The highest BCUT2D eigenvalue weighted by Crippen LogP contribution is 2.30. The number of pyridine rings is 1. The molecular formula is C19H19F3N4O4S. The third-order valence-electron chi connectivity index (χ3n) is 4.85. The molecule has 0 spiro atoms. The quantitative estimate of drug-likeness (QED) is 0.686. The summed E-state index contributed by atoms with van der Waals surface area (Å²) >= 11 is 0. The highest BCUT2D eigenvalue weighted by molar-refractivity contribution is 7.73. The van der Waals surface area contributed by atoms with Gasteiger partial charge in [-0.15, -0.1) is 0 Å². The van der Waals surface area contributed by atoms with Crippen LogP contribution in [0.25, 0.3) is 0 Å². The summed E-state index contributed by atoms with van der Waals surface area (Å²) in [7, 11) is -2.83. The molecule has 0 radical (unpaired) electrons. The Hall–Kier alpha value is -3.15. The minimum absolute atomic E-state index is 0.0754. The van der Waals surface area contributed by atoms with Gasteiger partial charge in [0.15, 0.2) is 5.69 Å². The van der Waals surface area contributed by atoms with Crippen LogP contribution in [0.2, 0.25) is 0 Å². The number of hydrogen-bond donors (Lipinski definition) is 2. The number of nitrogens with zero attached hydrogens (tertiary/aromatic N) is 3. The number of halogens is 3. The van der Waals surface area contributed by atoms with E-state index in [0.717, 1.165) is 12.3 Å². The summed E-state index contributed by atoms with van der Waals surface area (Å²) < 4.78 is 63.3. The molecule has 1 aromatic heterocycles. The first-order valence-corrected chi connectivity index (χ1v) is 10.4. The van der Waals surface area contributed by atoms with Crippen LogP contribution in [0.3, 0.4) is 0 Å². The number of carbonyl (C=O) groups is 2. The van der Waals surface area contributed by atoms with Gasteiger partial charge in [-0.25, -0.2) is 8.42 Å². The maximum Gasteiger partial charge on any atom is 0.434 e. The number of nitrogens with one attached hydrogen (secondary N) is 1. The van der Waals surface area contributed by atoms with Gasteiger partial charge in [0.05, 0.1) is 11.3 Å². The predicted octanol–water partition coefficient (Wildman–Crippen LogP) is 1.95. The molecule has 0 atom stereocenters. The Morgan fingerprint density at radius 3 is 2.19 bits per heavy atom. The molecule has 1 aliphatic rings. The van der Waals surface area contributed by atoms with Crippen molar-refractivity contribution in [1.29, 1.82) is 0 Å². The first-order chi connectivity index (χ1) is 14.6. The molecular weight excluding hydrogens is 437 g/mol. The Balaban J connectivity index is 1.68. The third-order valence-corrected chi connectivity index (χ3v) is 5.27. The molecule has 1 aromatic carbocycles. The summed E-state index contributed by atoms with van der Waals surface area (Å²) in [4.78, 5) is 31.4. The number of aryl methyl sites for hydroxylation is 1. The van der Waals surface area contributed by atoms with Crippen molar-refractivity contribution in [2.75, 3.05) is 30.9 Å². The van der Waals surface area contributed by atoms with Gasteiger partial charge in [0.1, 0.15) is 0 Å². The van der Waals surface area contributed by atoms with Crippen molar-refractivity contribution in [3.05, 3.63) is 58.9 Å². The topological polar surface area (TPSA) is 99.7 Å². The molecule has 2 amide bonds. The number of aromatic nitrogens is 1. The van der Waals surface area contributed by atoms with E-state index < -0.39 is 34.2 Å². The Labute approximate surface area is 177 Å². The van der Waals surface area contributed by atoms with Crippen LogP contribution < -0.4 is 4.72 Å². The minimum atomic E-state index is -4.75. The van der Waals surface area contributed by atoms with Crippen LogP contribution in [0.15, 0.2) is 36.5 Å². The van der Waals surface area contributed by atoms with Gasteiger partial charge in [0.2, 0.25) is 10.9 Å². The summed E-state index contributed by atoms with van der Waals surface area (Å²) in [5, 5.41) is 0. The van der Waals surface area contributed by atoms with E-state index in [4.69, 9.17) is 0 Å². The second kappa shape index (κ2) is 8.92. The molecule has 0 aliphatic carbocycles. The Morgan fingerprint density at radius 1 is 1.03 bits per heavy atom. The van der Waals surface area contributed by atoms with E-state index in [-0.39, 0.29) is 32.1 Å². The van der Waals surface area contributed by atoms with E-state index in [2.05, 4.69) is 9.71 Å². The zero-order valence-electron chi connectivity index (χ0n) is 16.3. The van der Waals surface area contributed by atoms with Gasteiger partial charge in [-0.1, -0.05) is 0 Å². The molecule has 31 heavy (non-hydrogen) atoms. The van der Waals surface area contributed by atoms with E-state index in [0.29, 0.717) is 16.8 Å². The lowest BCUT2D eigenvalue weighted by Gasteiger charge is -2.35. The highest BCUT2D eigenvalue weighted by Gasteiger charge is 2.38. The average Bonchev–Trinajstić information content (AvgIpc) is 2.73. The first kappa shape index (κ1) is 22.5. The summed E-state index contributed by atoms with van der Waals surface area (Å²) in [6.45, 7) is 2.11. The molecule has 12 heteroatoms. The SMILES string of the molecule is Cc1cc(C(=O)N2CCN(C(=O)c3cccnc3C(F)(F)F)CC2)ccc1N[SH](=O)=O. The second-order valence-corrected chi connectivity index (χ2v) is 7.62. The molecule has 0 bridgehead atoms. The molecule has 8 nitrogen and oxygen atoms in total. The number of rotatable bonds is 4. The van der Waals surface area contributed by atoms with Crippen LogP contribution in [0, 0.1) is 6.92 Å². The Morgan fingerprint density at radius 2 is 1.65 bits per heavy atom. The van der Waals surface area contributed by atoms with Crippen molar-refractivity contribution < 1.29 is 31.2 Å². The molecule has 166 valence electrons. The minimum Gasteiger partial charge on any atom is -0.335 e. The van der Waals surface area contributed by atoms with Gasteiger partial charge in [-0.2, -0.15) is 13.2 Å². The zero-order chi connectivity index (χ0) is 22.8. The second-order valence-electron chi connectivity index (χ2n) is 6.88. The van der Waals surface area contributed by atoms with Gasteiger partial charge in [-0.05, 0) is 42.8 Å². The van der Waals surface area contributed by atoms with Gasteiger partial charge in [0, 0.05) is 37.9 Å². The Kier molecular flexibility index (Phi) is 6.48. The zero-order valence-corrected chi connectivity index (χ0v) is 17.2. The smallest absolute Gasteiger partial charge is 0.335 e. The number of hydrogen-bond acceptors (Lipinski definition) is 5. The summed E-state index contributed by atoms with van der Waals surface area (Å²) in [6, 6.07) is 6.87. The lowest BCUT2D eigenvalue weighted by molar-refractivity contribution is -0.141. The van der Waals surface area contributed by atoms with Gasteiger partial charge >= 0.3 is 6.18 Å². The van der Waals surface area contributed by atoms with Crippen molar-refractivity contribution >= 4 is 28.4 Å². The molecule has 2 heterocycles. The van der Waals surface area contributed by atoms with E-state index in [9.17, 15) is 31.2 Å². The van der Waals surface area contributed by atoms with Crippen molar-refractivity contribution in [2.24, 2.45) is 0 Å². The number of alkyl halides is 3.